The van der Waals surface area contributed by atoms with Gasteiger partial charge in [0.15, 0.2) is 0 Å². The molecule has 4 nitrogen and oxygen atoms in total. The Bertz CT molecular complexity index is 380. The van der Waals surface area contributed by atoms with Crippen molar-refractivity contribution >= 4 is 0 Å². The fourth-order valence-electron chi connectivity index (χ4n) is 1.82. The van der Waals surface area contributed by atoms with Gasteiger partial charge in [-0.05, 0) is 19.4 Å². The molecule has 1 aliphatic rings. The molecule has 16 heavy (non-hydrogen) atoms. The van der Waals surface area contributed by atoms with Crippen LogP contribution in [0, 0.1) is 5.82 Å². The van der Waals surface area contributed by atoms with Crippen LogP contribution in [0.2, 0.25) is 0 Å². The van der Waals surface area contributed by atoms with E-state index in [2.05, 4.69) is 9.97 Å². The summed E-state index contributed by atoms with van der Waals surface area (Å²) in [5.74, 6) is 0.435. The van der Waals surface area contributed by atoms with Gasteiger partial charge in [0.1, 0.15) is 5.82 Å². The Hall–Kier alpha value is -1.23. The van der Waals surface area contributed by atoms with Gasteiger partial charge in [-0.15, -0.1) is 0 Å². The summed E-state index contributed by atoms with van der Waals surface area (Å²) >= 11 is 0. The first-order chi connectivity index (χ1) is 7.76. The first kappa shape index (κ1) is 11.3. The normalized spacial score (nSPS) is 15.9. The Kier molecular flexibility index (Phi) is 3.33. The van der Waals surface area contributed by atoms with Crippen molar-refractivity contribution in [3.63, 3.8) is 0 Å². The van der Waals surface area contributed by atoms with E-state index in [0.717, 1.165) is 19.3 Å². The molecule has 0 unspecified atom stereocenters. The third kappa shape index (κ3) is 2.00. The Morgan fingerprint density at radius 3 is 2.69 bits per heavy atom. The number of hydrogen-bond donors (Lipinski definition) is 1. The lowest BCUT2D eigenvalue weighted by Gasteiger charge is -2.25. The monoisotopic (exact) mass is 225 g/mol. The topological polar surface area (TPSA) is 61.0 Å². The van der Waals surface area contributed by atoms with Gasteiger partial charge in [-0.2, -0.15) is 9.37 Å². The maximum atomic E-state index is 13.9. The van der Waals surface area contributed by atoms with Crippen LogP contribution in [0.25, 0.3) is 0 Å². The zero-order valence-electron chi connectivity index (χ0n) is 9.37. The molecular weight excluding hydrogens is 209 g/mol. The van der Waals surface area contributed by atoms with Crippen molar-refractivity contribution in [2.45, 2.75) is 31.6 Å². The van der Waals surface area contributed by atoms with Gasteiger partial charge in [0.2, 0.25) is 5.82 Å². The number of rotatable bonds is 4. The second kappa shape index (κ2) is 4.74. The molecule has 0 radical (unpaired) electrons. The minimum absolute atomic E-state index is 0.0420. The number of methoxy groups -OCH3 is 1. The average molecular weight is 225 g/mol. The SMILES string of the molecule is COc1nc(CCN)nc(C2CCC2)c1F. The molecule has 0 aliphatic heterocycles. The van der Waals surface area contributed by atoms with Crippen LogP contribution in [0.5, 0.6) is 5.88 Å². The summed E-state index contributed by atoms with van der Waals surface area (Å²) in [5.41, 5.74) is 5.95. The Morgan fingerprint density at radius 2 is 2.19 bits per heavy atom. The van der Waals surface area contributed by atoms with Crippen molar-refractivity contribution in [1.82, 2.24) is 9.97 Å². The number of aromatic nitrogens is 2. The first-order valence-electron chi connectivity index (χ1n) is 5.56. The highest BCUT2D eigenvalue weighted by molar-refractivity contribution is 5.24. The van der Waals surface area contributed by atoms with Crippen molar-refractivity contribution in [3.05, 3.63) is 17.3 Å². The molecule has 1 aromatic rings. The van der Waals surface area contributed by atoms with E-state index in [1.165, 1.54) is 7.11 Å². The molecule has 1 aromatic heterocycles. The molecule has 1 saturated carbocycles. The Balaban J connectivity index is 2.36. The van der Waals surface area contributed by atoms with Gasteiger partial charge >= 0.3 is 0 Å². The quantitative estimate of drug-likeness (QED) is 0.841. The minimum atomic E-state index is -0.409. The van der Waals surface area contributed by atoms with E-state index in [0.29, 0.717) is 24.5 Å². The average Bonchev–Trinajstić information content (AvgIpc) is 2.20. The van der Waals surface area contributed by atoms with Gasteiger partial charge in [0.05, 0.1) is 12.8 Å². The smallest absolute Gasteiger partial charge is 0.253 e. The van der Waals surface area contributed by atoms with Crippen LogP contribution in [0.15, 0.2) is 0 Å². The number of hydrogen-bond acceptors (Lipinski definition) is 4. The molecule has 0 spiro atoms. The maximum Gasteiger partial charge on any atom is 0.253 e. The van der Waals surface area contributed by atoms with E-state index >= 15 is 0 Å². The van der Waals surface area contributed by atoms with E-state index < -0.39 is 5.82 Å². The summed E-state index contributed by atoms with van der Waals surface area (Å²) < 4.78 is 18.8. The van der Waals surface area contributed by atoms with E-state index in [1.807, 2.05) is 0 Å². The molecular formula is C11H16FN3O. The molecule has 1 heterocycles. The van der Waals surface area contributed by atoms with E-state index in [9.17, 15) is 4.39 Å². The van der Waals surface area contributed by atoms with Crippen LogP contribution in [-0.4, -0.2) is 23.6 Å². The predicted octanol–water partition coefficient (Wildman–Crippen LogP) is 1.39. The summed E-state index contributed by atoms with van der Waals surface area (Å²) in [6.45, 7) is 0.457. The fourth-order valence-corrected chi connectivity index (χ4v) is 1.82. The van der Waals surface area contributed by atoms with Crippen molar-refractivity contribution in [1.29, 1.82) is 0 Å². The highest BCUT2D eigenvalue weighted by atomic mass is 19.1. The molecule has 0 aromatic carbocycles. The van der Waals surface area contributed by atoms with Crippen molar-refractivity contribution in [2.24, 2.45) is 5.73 Å². The second-order valence-electron chi connectivity index (χ2n) is 4.01. The summed E-state index contributed by atoms with van der Waals surface area (Å²) in [4.78, 5) is 8.24. The lowest BCUT2D eigenvalue weighted by Crippen LogP contribution is -2.17. The maximum absolute atomic E-state index is 13.9. The molecule has 88 valence electrons. The molecule has 0 amide bonds. The molecule has 1 fully saturated rings. The number of nitrogens with two attached hydrogens (primary N) is 1. The van der Waals surface area contributed by atoms with Gasteiger partial charge in [-0.1, -0.05) is 6.42 Å². The summed E-state index contributed by atoms with van der Waals surface area (Å²) in [6.07, 6.45) is 3.69. The van der Waals surface area contributed by atoms with Crippen molar-refractivity contribution in [3.8, 4) is 5.88 Å². The lowest BCUT2D eigenvalue weighted by molar-refractivity contribution is 0.342. The Morgan fingerprint density at radius 1 is 1.44 bits per heavy atom. The van der Waals surface area contributed by atoms with Crippen LogP contribution in [0.1, 0.15) is 36.7 Å². The largest absolute Gasteiger partial charge is 0.479 e. The summed E-state index contributed by atoms with van der Waals surface area (Å²) in [5, 5.41) is 0. The van der Waals surface area contributed by atoms with Crippen molar-refractivity contribution in [2.75, 3.05) is 13.7 Å². The van der Waals surface area contributed by atoms with Gasteiger partial charge in [0, 0.05) is 12.3 Å². The Labute approximate surface area is 94.0 Å². The van der Waals surface area contributed by atoms with Crippen LogP contribution in [-0.2, 0) is 6.42 Å². The zero-order chi connectivity index (χ0) is 11.5. The molecule has 0 bridgehead atoms. The highest BCUT2D eigenvalue weighted by Crippen LogP contribution is 2.38. The first-order valence-corrected chi connectivity index (χ1v) is 5.56. The molecule has 0 saturated heterocycles. The minimum Gasteiger partial charge on any atom is -0.479 e. The number of ether oxygens (including phenoxy) is 1. The van der Waals surface area contributed by atoms with Crippen LogP contribution < -0.4 is 10.5 Å². The van der Waals surface area contributed by atoms with Crippen LogP contribution in [0.3, 0.4) is 0 Å². The standard InChI is InChI=1S/C11H16FN3O/c1-16-11-9(12)10(7-3-2-4-7)14-8(15-11)5-6-13/h7H,2-6,13H2,1H3. The fraction of sp³-hybridized carbons (Fsp3) is 0.636. The van der Waals surface area contributed by atoms with Gasteiger partial charge in [-0.25, -0.2) is 4.98 Å². The highest BCUT2D eigenvalue weighted by Gasteiger charge is 2.27. The third-order valence-corrected chi connectivity index (χ3v) is 2.95. The molecule has 1 aliphatic carbocycles. The molecule has 2 N–H and O–H groups in total. The predicted molar refractivity (Wildman–Crippen MR) is 57.9 cm³/mol. The molecule has 2 rings (SSSR count). The van der Waals surface area contributed by atoms with Crippen LogP contribution in [0.4, 0.5) is 4.39 Å². The van der Waals surface area contributed by atoms with E-state index in [4.69, 9.17) is 10.5 Å². The number of halogens is 1. The molecule has 5 heteroatoms. The second-order valence-corrected chi connectivity index (χ2v) is 4.01. The lowest BCUT2D eigenvalue weighted by atomic mass is 9.82. The van der Waals surface area contributed by atoms with Crippen molar-refractivity contribution < 1.29 is 9.13 Å². The summed E-state index contributed by atoms with van der Waals surface area (Å²) in [6, 6.07) is 0. The van der Waals surface area contributed by atoms with E-state index in [1.54, 1.807) is 0 Å². The van der Waals surface area contributed by atoms with Gasteiger partial charge < -0.3 is 10.5 Å². The van der Waals surface area contributed by atoms with Gasteiger partial charge in [-0.3, -0.25) is 0 Å². The summed E-state index contributed by atoms with van der Waals surface area (Å²) in [7, 11) is 1.42. The van der Waals surface area contributed by atoms with E-state index in [-0.39, 0.29) is 11.8 Å². The third-order valence-electron chi connectivity index (χ3n) is 2.95. The van der Waals surface area contributed by atoms with Gasteiger partial charge in [0.25, 0.3) is 5.88 Å². The zero-order valence-corrected chi connectivity index (χ0v) is 9.37. The molecule has 0 atom stereocenters. The number of nitrogens with zero attached hydrogens (tertiary/aromatic N) is 2. The van der Waals surface area contributed by atoms with Crippen LogP contribution >= 0.6 is 0 Å².